The summed E-state index contributed by atoms with van der Waals surface area (Å²) < 4.78 is 4.96. The number of hydrogen-bond donors (Lipinski definition) is 2. The van der Waals surface area contributed by atoms with Crippen molar-refractivity contribution >= 4 is 46.7 Å². The van der Waals surface area contributed by atoms with Crippen LogP contribution in [0.2, 0.25) is 10.0 Å². The minimum Gasteiger partial charge on any atom is -0.462 e. The highest BCUT2D eigenvalue weighted by Crippen LogP contribution is 2.21. The molecule has 2 rings (SSSR count). The van der Waals surface area contributed by atoms with E-state index in [4.69, 9.17) is 27.9 Å². The normalized spacial score (nSPS) is 11.7. The Kier molecular flexibility index (Phi) is 8.05. The number of amides is 2. The smallest absolute Gasteiger partial charge is 0.338 e. The molecular weight excluding hydrogens is 415 g/mol. The number of hydrogen-bond acceptors (Lipinski definition) is 4. The molecular formula is C21H22Cl2N2O4. The molecule has 29 heavy (non-hydrogen) atoms. The highest BCUT2D eigenvalue weighted by Gasteiger charge is 2.26. The van der Waals surface area contributed by atoms with Crippen LogP contribution in [0.15, 0.2) is 42.5 Å². The maximum absolute atomic E-state index is 12.8. The lowest BCUT2D eigenvalue weighted by Gasteiger charge is -2.22. The van der Waals surface area contributed by atoms with Crippen molar-refractivity contribution < 1.29 is 19.1 Å². The van der Waals surface area contributed by atoms with Crippen LogP contribution in [0.4, 0.5) is 5.69 Å². The Morgan fingerprint density at radius 1 is 1.07 bits per heavy atom. The summed E-state index contributed by atoms with van der Waals surface area (Å²) in [5.74, 6) is -1.58. The van der Waals surface area contributed by atoms with Crippen LogP contribution >= 0.6 is 23.2 Å². The molecule has 2 amide bonds. The lowest BCUT2D eigenvalue weighted by molar-refractivity contribution is -0.118. The number of anilines is 1. The van der Waals surface area contributed by atoms with E-state index in [2.05, 4.69) is 10.6 Å². The van der Waals surface area contributed by atoms with E-state index in [-0.39, 0.29) is 23.1 Å². The quantitative estimate of drug-likeness (QED) is 0.622. The summed E-state index contributed by atoms with van der Waals surface area (Å²) >= 11 is 11.9. The lowest BCUT2D eigenvalue weighted by Crippen LogP contribution is -2.47. The SMILES string of the molecule is CCOC(=O)c1cccc(NC(=O)C(NC(=O)c2ccc(Cl)cc2Cl)C(C)C)c1. The molecule has 0 saturated carbocycles. The first-order valence-electron chi connectivity index (χ1n) is 9.07. The van der Waals surface area contributed by atoms with Crippen molar-refractivity contribution in [3.63, 3.8) is 0 Å². The van der Waals surface area contributed by atoms with Gasteiger partial charge in [-0.05, 0) is 49.2 Å². The van der Waals surface area contributed by atoms with Crippen molar-refractivity contribution in [2.24, 2.45) is 5.92 Å². The molecule has 2 aromatic carbocycles. The first-order valence-corrected chi connectivity index (χ1v) is 9.82. The maximum atomic E-state index is 12.8. The van der Waals surface area contributed by atoms with E-state index in [1.807, 2.05) is 13.8 Å². The fourth-order valence-electron chi connectivity index (χ4n) is 2.59. The van der Waals surface area contributed by atoms with Gasteiger partial charge in [0.1, 0.15) is 6.04 Å². The second-order valence-electron chi connectivity index (χ2n) is 6.61. The van der Waals surface area contributed by atoms with E-state index >= 15 is 0 Å². The van der Waals surface area contributed by atoms with Crippen molar-refractivity contribution in [2.75, 3.05) is 11.9 Å². The molecule has 1 atom stereocenters. The third-order valence-corrected chi connectivity index (χ3v) is 4.60. The van der Waals surface area contributed by atoms with Gasteiger partial charge >= 0.3 is 5.97 Å². The minimum absolute atomic E-state index is 0.194. The van der Waals surface area contributed by atoms with E-state index in [0.29, 0.717) is 16.3 Å². The van der Waals surface area contributed by atoms with E-state index in [0.717, 1.165) is 0 Å². The molecule has 0 heterocycles. The van der Waals surface area contributed by atoms with E-state index < -0.39 is 23.8 Å². The monoisotopic (exact) mass is 436 g/mol. The Hall–Kier alpha value is -2.57. The minimum atomic E-state index is -0.819. The predicted octanol–water partition coefficient (Wildman–Crippen LogP) is 4.56. The number of nitrogens with one attached hydrogen (secondary N) is 2. The summed E-state index contributed by atoms with van der Waals surface area (Å²) in [6, 6.07) is 10.1. The Labute approximate surface area is 179 Å². The molecule has 154 valence electrons. The van der Waals surface area contributed by atoms with Gasteiger partial charge in [0.2, 0.25) is 5.91 Å². The number of esters is 1. The summed E-state index contributed by atoms with van der Waals surface area (Å²) in [6.07, 6.45) is 0. The van der Waals surface area contributed by atoms with Crippen LogP contribution in [-0.4, -0.2) is 30.4 Å². The molecule has 8 heteroatoms. The van der Waals surface area contributed by atoms with Gasteiger partial charge < -0.3 is 15.4 Å². The summed E-state index contributed by atoms with van der Waals surface area (Å²) in [7, 11) is 0. The van der Waals surface area contributed by atoms with Gasteiger partial charge in [-0.25, -0.2) is 4.79 Å². The third kappa shape index (κ3) is 6.21. The zero-order valence-electron chi connectivity index (χ0n) is 16.3. The summed E-state index contributed by atoms with van der Waals surface area (Å²) in [4.78, 5) is 37.2. The zero-order chi connectivity index (χ0) is 21.6. The Balaban J connectivity index is 2.14. The van der Waals surface area contributed by atoms with Gasteiger partial charge in [-0.2, -0.15) is 0 Å². The molecule has 6 nitrogen and oxygen atoms in total. The Morgan fingerprint density at radius 2 is 1.79 bits per heavy atom. The molecule has 0 aliphatic carbocycles. The van der Waals surface area contributed by atoms with Crippen LogP contribution in [0.3, 0.4) is 0 Å². The molecule has 0 saturated heterocycles. The highest BCUT2D eigenvalue weighted by atomic mass is 35.5. The summed E-state index contributed by atoms with van der Waals surface area (Å²) in [5, 5.41) is 6.03. The average Bonchev–Trinajstić information content (AvgIpc) is 2.66. The largest absolute Gasteiger partial charge is 0.462 e. The molecule has 0 bridgehead atoms. The second-order valence-corrected chi connectivity index (χ2v) is 7.45. The predicted molar refractivity (Wildman–Crippen MR) is 114 cm³/mol. The first kappa shape index (κ1) is 22.7. The molecule has 1 unspecified atom stereocenters. The van der Waals surface area contributed by atoms with E-state index in [1.165, 1.54) is 18.2 Å². The van der Waals surface area contributed by atoms with Crippen molar-refractivity contribution in [3.05, 3.63) is 63.6 Å². The fourth-order valence-corrected chi connectivity index (χ4v) is 3.08. The van der Waals surface area contributed by atoms with Crippen LogP contribution in [0.1, 0.15) is 41.5 Å². The number of ether oxygens (including phenoxy) is 1. The van der Waals surface area contributed by atoms with Gasteiger partial charge in [0.05, 0.1) is 22.8 Å². The zero-order valence-corrected chi connectivity index (χ0v) is 17.8. The second kappa shape index (κ2) is 10.3. The molecule has 0 spiro atoms. The average molecular weight is 437 g/mol. The van der Waals surface area contributed by atoms with Crippen molar-refractivity contribution in [2.45, 2.75) is 26.8 Å². The number of carbonyl (C=O) groups is 3. The van der Waals surface area contributed by atoms with Gasteiger partial charge in [-0.3, -0.25) is 9.59 Å². The molecule has 0 fully saturated rings. The molecule has 0 aromatic heterocycles. The van der Waals surface area contributed by atoms with Gasteiger partial charge in [-0.15, -0.1) is 0 Å². The van der Waals surface area contributed by atoms with Crippen molar-refractivity contribution in [1.82, 2.24) is 5.32 Å². The standard InChI is InChI=1S/C21H22Cl2N2O4/c1-4-29-21(28)13-6-5-7-15(10-13)24-20(27)18(12(2)3)25-19(26)16-9-8-14(22)11-17(16)23/h5-12,18H,4H2,1-3H3,(H,24,27)(H,25,26). The summed E-state index contributed by atoms with van der Waals surface area (Å²) in [6.45, 7) is 5.59. The molecule has 0 aliphatic rings. The highest BCUT2D eigenvalue weighted by molar-refractivity contribution is 6.36. The van der Waals surface area contributed by atoms with Crippen molar-refractivity contribution in [3.8, 4) is 0 Å². The fraction of sp³-hybridized carbons (Fsp3) is 0.286. The number of carbonyl (C=O) groups excluding carboxylic acids is 3. The molecule has 2 aromatic rings. The molecule has 2 N–H and O–H groups in total. The maximum Gasteiger partial charge on any atom is 0.338 e. The Morgan fingerprint density at radius 3 is 2.41 bits per heavy atom. The van der Waals surface area contributed by atoms with Crippen LogP contribution in [0.25, 0.3) is 0 Å². The van der Waals surface area contributed by atoms with Gasteiger partial charge in [0.15, 0.2) is 0 Å². The van der Waals surface area contributed by atoms with Gasteiger partial charge in [-0.1, -0.05) is 43.1 Å². The molecule has 0 aliphatic heterocycles. The van der Waals surface area contributed by atoms with E-state index in [9.17, 15) is 14.4 Å². The third-order valence-electron chi connectivity index (χ3n) is 4.05. The summed E-state index contributed by atoms with van der Waals surface area (Å²) in [5.41, 5.74) is 0.964. The van der Waals surface area contributed by atoms with Crippen LogP contribution < -0.4 is 10.6 Å². The van der Waals surface area contributed by atoms with Crippen LogP contribution in [0, 0.1) is 5.92 Å². The number of benzene rings is 2. The molecule has 0 radical (unpaired) electrons. The van der Waals surface area contributed by atoms with Gasteiger partial charge in [0.25, 0.3) is 5.91 Å². The lowest BCUT2D eigenvalue weighted by atomic mass is 10.0. The Bertz CT molecular complexity index is 915. The topological polar surface area (TPSA) is 84.5 Å². The van der Waals surface area contributed by atoms with Crippen LogP contribution in [-0.2, 0) is 9.53 Å². The van der Waals surface area contributed by atoms with Gasteiger partial charge in [0, 0.05) is 10.7 Å². The first-order chi connectivity index (χ1) is 13.7. The van der Waals surface area contributed by atoms with Crippen molar-refractivity contribution in [1.29, 1.82) is 0 Å². The number of halogens is 2. The van der Waals surface area contributed by atoms with Crippen LogP contribution in [0.5, 0.6) is 0 Å². The van der Waals surface area contributed by atoms with E-state index in [1.54, 1.807) is 31.2 Å². The number of rotatable bonds is 7.